The fraction of sp³-hybridized carbons (Fsp3) is 0.0667. The van der Waals surface area contributed by atoms with Crippen LogP contribution in [0.2, 0.25) is 0 Å². The lowest BCUT2D eigenvalue weighted by Crippen LogP contribution is -2.13. The maximum atomic E-state index is 12.3. The van der Waals surface area contributed by atoms with Crippen molar-refractivity contribution in [3.63, 3.8) is 0 Å². The zero-order valence-corrected chi connectivity index (χ0v) is 14.9. The van der Waals surface area contributed by atoms with Crippen LogP contribution < -0.4 is 5.32 Å². The number of aromatic hydroxyl groups is 2. The Labute approximate surface area is 148 Å². The van der Waals surface area contributed by atoms with Crippen molar-refractivity contribution in [3.8, 4) is 11.5 Å². The lowest BCUT2D eigenvalue weighted by molar-refractivity contribution is 0.0600. The monoisotopic (exact) mass is 443 g/mol. The van der Waals surface area contributed by atoms with Gasteiger partial charge < -0.3 is 20.3 Å². The van der Waals surface area contributed by atoms with Gasteiger partial charge in [-0.3, -0.25) is 4.79 Å². The van der Waals surface area contributed by atoms with Crippen LogP contribution in [0, 0.1) is 0 Å². The Bertz CT molecular complexity index is 748. The van der Waals surface area contributed by atoms with Crippen LogP contribution in [0.5, 0.6) is 11.5 Å². The summed E-state index contributed by atoms with van der Waals surface area (Å²) in [5.74, 6) is -1.95. The third kappa shape index (κ3) is 3.65. The molecule has 3 N–H and O–H groups in total. The topological polar surface area (TPSA) is 95.9 Å². The van der Waals surface area contributed by atoms with Gasteiger partial charge in [0.1, 0.15) is 17.1 Å². The van der Waals surface area contributed by atoms with E-state index < -0.39 is 11.9 Å². The van der Waals surface area contributed by atoms with Crippen molar-refractivity contribution in [2.45, 2.75) is 0 Å². The Hall–Kier alpha value is -2.06. The van der Waals surface area contributed by atoms with Gasteiger partial charge in [-0.15, -0.1) is 0 Å². The van der Waals surface area contributed by atoms with Gasteiger partial charge in [-0.1, -0.05) is 0 Å². The summed E-state index contributed by atoms with van der Waals surface area (Å²) >= 11 is 6.19. The van der Waals surface area contributed by atoms with E-state index in [0.29, 0.717) is 11.3 Å². The summed E-state index contributed by atoms with van der Waals surface area (Å²) in [5.41, 5.74) is 0.447. The van der Waals surface area contributed by atoms with E-state index in [-0.39, 0.29) is 26.0 Å². The number of amides is 1. The highest BCUT2D eigenvalue weighted by Crippen LogP contribution is 2.40. The number of carbonyl (C=O) groups excluding carboxylic acids is 2. The van der Waals surface area contributed by atoms with Crippen LogP contribution in [-0.4, -0.2) is 29.2 Å². The number of benzene rings is 2. The summed E-state index contributed by atoms with van der Waals surface area (Å²) < 4.78 is 5.10. The molecule has 0 fully saturated rings. The molecule has 0 aliphatic carbocycles. The number of esters is 1. The number of phenols is 2. The highest BCUT2D eigenvalue weighted by Gasteiger charge is 2.21. The molecule has 23 heavy (non-hydrogen) atoms. The lowest BCUT2D eigenvalue weighted by Gasteiger charge is -2.11. The van der Waals surface area contributed by atoms with E-state index in [1.165, 1.54) is 37.4 Å². The number of methoxy groups -OCH3 is 1. The molecule has 2 aromatic rings. The SMILES string of the molecule is COC(=O)c1ccc(NC(=O)c2c(O)c(Br)cc(Br)c2O)cc1. The molecule has 0 radical (unpaired) electrons. The number of phenolic OH excluding ortho intramolecular Hbond substituents is 2. The quantitative estimate of drug-likeness (QED) is 0.628. The third-order valence-electron chi connectivity index (χ3n) is 2.97. The van der Waals surface area contributed by atoms with Crippen LogP contribution in [0.25, 0.3) is 0 Å². The maximum Gasteiger partial charge on any atom is 0.337 e. The number of hydrogen-bond acceptors (Lipinski definition) is 5. The number of halogens is 2. The minimum absolute atomic E-state index is 0.258. The van der Waals surface area contributed by atoms with Crippen molar-refractivity contribution >= 4 is 49.4 Å². The molecule has 1 amide bonds. The van der Waals surface area contributed by atoms with Crippen molar-refractivity contribution in [1.82, 2.24) is 0 Å². The first-order chi connectivity index (χ1) is 10.8. The first-order valence-corrected chi connectivity index (χ1v) is 7.83. The molecular formula is C15H11Br2NO5. The predicted octanol–water partition coefficient (Wildman–Crippen LogP) is 3.66. The molecule has 0 spiro atoms. The number of nitrogens with one attached hydrogen (secondary N) is 1. The molecular weight excluding hydrogens is 434 g/mol. The molecule has 0 heterocycles. The van der Waals surface area contributed by atoms with Crippen molar-refractivity contribution < 1.29 is 24.5 Å². The molecule has 8 heteroatoms. The van der Waals surface area contributed by atoms with Crippen LogP contribution in [0.1, 0.15) is 20.7 Å². The summed E-state index contributed by atoms with van der Waals surface area (Å²) in [6.45, 7) is 0. The molecule has 120 valence electrons. The fourth-order valence-corrected chi connectivity index (χ4v) is 2.98. The van der Waals surface area contributed by atoms with E-state index >= 15 is 0 Å². The molecule has 6 nitrogen and oxygen atoms in total. The molecule has 0 aromatic heterocycles. The minimum atomic E-state index is -0.701. The standard InChI is InChI=1S/C15H11Br2NO5/c1-23-15(22)7-2-4-8(5-3-7)18-14(21)11-12(19)9(16)6-10(17)13(11)20/h2-6,19-20H,1H3,(H,18,21). The van der Waals surface area contributed by atoms with E-state index in [1.807, 2.05) is 0 Å². The minimum Gasteiger partial charge on any atom is -0.506 e. The zero-order chi connectivity index (χ0) is 17.1. The average molecular weight is 445 g/mol. The summed E-state index contributed by atoms with van der Waals surface area (Å²) in [6.07, 6.45) is 0. The van der Waals surface area contributed by atoms with Gasteiger partial charge in [0, 0.05) is 5.69 Å². The number of ether oxygens (including phenoxy) is 1. The lowest BCUT2D eigenvalue weighted by atomic mass is 10.1. The van der Waals surface area contributed by atoms with Gasteiger partial charge in [0.05, 0.1) is 21.6 Å². The normalized spacial score (nSPS) is 10.2. The van der Waals surface area contributed by atoms with Gasteiger partial charge in [-0.05, 0) is 62.2 Å². The number of carbonyl (C=O) groups is 2. The van der Waals surface area contributed by atoms with Crippen LogP contribution in [0.15, 0.2) is 39.3 Å². The third-order valence-corrected chi connectivity index (χ3v) is 4.18. The van der Waals surface area contributed by atoms with Crippen LogP contribution >= 0.6 is 31.9 Å². The van der Waals surface area contributed by atoms with Gasteiger partial charge in [0.25, 0.3) is 5.91 Å². The van der Waals surface area contributed by atoms with E-state index in [4.69, 9.17) is 0 Å². The van der Waals surface area contributed by atoms with E-state index in [9.17, 15) is 19.8 Å². The highest BCUT2D eigenvalue weighted by molar-refractivity contribution is 9.11. The zero-order valence-electron chi connectivity index (χ0n) is 11.8. The molecule has 2 aromatic carbocycles. The molecule has 2 rings (SSSR count). The first-order valence-electron chi connectivity index (χ1n) is 6.24. The molecule has 0 saturated heterocycles. The van der Waals surface area contributed by atoms with Crippen LogP contribution in [-0.2, 0) is 4.74 Å². The molecule has 0 aliphatic heterocycles. The van der Waals surface area contributed by atoms with Crippen molar-refractivity contribution in [2.75, 3.05) is 12.4 Å². The second-order valence-corrected chi connectivity index (χ2v) is 6.14. The van der Waals surface area contributed by atoms with E-state index in [1.54, 1.807) is 0 Å². The highest BCUT2D eigenvalue weighted by atomic mass is 79.9. The molecule has 0 aliphatic rings. The Balaban J connectivity index is 2.28. The van der Waals surface area contributed by atoms with Gasteiger partial charge in [-0.25, -0.2) is 4.79 Å². The summed E-state index contributed by atoms with van der Waals surface area (Å²) in [7, 11) is 1.27. The molecule has 0 atom stereocenters. The molecule has 0 bridgehead atoms. The van der Waals surface area contributed by atoms with E-state index in [0.717, 1.165) is 0 Å². The number of anilines is 1. The second-order valence-electron chi connectivity index (χ2n) is 4.44. The van der Waals surface area contributed by atoms with Crippen molar-refractivity contribution in [1.29, 1.82) is 0 Å². The smallest absolute Gasteiger partial charge is 0.337 e. The van der Waals surface area contributed by atoms with Crippen LogP contribution in [0.4, 0.5) is 5.69 Å². The van der Waals surface area contributed by atoms with Gasteiger partial charge in [0.15, 0.2) is 0 Å². The first kappa shape index (κ1) is 17.3. The maximum absolute atomic E-state index is 12.3. The summed E-state index contributed by atoms with van der Waals surface area (Å²) in [4.78, 5) is 23.6. The van der Waals surface area contributed by atoms with Crippen molar-refractivity contribution in [2.24, 2.45) is 0 Å². The van der Waals surface area contributed by atoms with Gasteiger partial charge in [0.2, 0.25) is 0 Å². The Morgan fingerprint density at radius 1 is 1.04 bits per heavy atom. The van der Waals surface area contributed by atoms with Gasteiger partial charge in [-0.2, -0.15) is 0 Å². The molecule has 0 saturated carbocycles. The summed E-state index contributed by atoms with van der Waals surface area (Å²) in [6, 6.07) is 7.40. The Morgan fingerprint density at radius 3 is 2.04 bits per heavy atom. The largest absolute Gasteiger partial charge is 0.506 e. The van der Waals surface area contributed by atoms with Gasteiger partial charge >= 0.3 is 5.97 Å². The Kier molecular flexibility index (Phi) is 5.27. The predicted molar refractivity (Wildman–Crippen MR) is 90.9 cm³/mol. The summed E-state index contributed by atoms with van der Waals surface area (Å²) in [5, 5.41) is 22.4. The number of hydrogen-bond donors (Lipinski definition) is 3. The Morgan fingerprint density at radius 2 is 1.57 bits per heavy atom. The molecule has 0 unspecified atom stereocenters. The second kappa shape index (κ2) is 7.01. The van der Waals surface area contributed by atoms with Crippen molar-refractivity contribution in [3.05, 3.63) is 50.4 Å². The van der Waals surface area contributed by atoms with Crippen LogP contribution in [0.3, 0.4) is 0 Å². The van der Waals surface area contributed by atoms with E-state index in [2.05, 4.69) is 41.9 Å². The number of rotatable bonds is 3. The fourth-order valence-electron chi connectivity index (χ4n) is 1.82. The average Bonchev–Trinajstić information content (AvgIpc) is 2.53.